The van der Waals surface area contributed by atoms with Crippen LogP contribution in [0, 0.1) is 0 Å². The molecule has 32 heavy (non-hydrogen) atoms. The molecule has 8 nitrogen and oxygen atoms in total. The Kier molecular flexibility index (Phi) is 5.49. The van der Waals surface area contributed by atoms with E-state index in [1.54, 1.807) is 29.2 Å². The van der Waals surface area contributed by atoms with Crippen LogP contribution in [0.5, 0.6) is 5.75 Å². The van der Waals surface area contributed by atoms with E-state index in [1.165, 1.54) is 17.5 Å². The summed E-state index contributed by atoms with van der Waals surface area (Å²) in [7, 11) is 0. The highest BCUT2D eigenvalue weighted by molar-refractivity contribution is 6.02. The van der Waals surface area contributed by atoms with E-state index in [0.717, 1.165) is 30.7 Å². The van der Waals surface area contributed by atoms with Crippen LogP contribution < -0.4 is 10.1 Å². The van der Waals surface area contributed by atoms with E-state index in [2.05, 4.69) is 27.6 Å². The summed E-state index contributed by atoms with van der Waals surface area (Å²) in [6, 6.07) is 9.64. The fourth-order valence-electron chi connectivity index (χ4n) is 3.93. The van der Waals surface area contributed by atoms with Gasteiger partial charge >= 0.3 is 0 Å². The Hall–Kier alpha value is -3.81. The van der Waals surface area contributed by atoms with Crippen LogP contribution in [-0.2, 0) is 32.5 Å². The lowest BCUT2D eigenvalue weighted by Crippen LogP contribution is -2.10. The van der Waals surface area contributed by atoms with Gasteiger partial charge in [-0.1, -0.05) is 6.07 Å². The second-order valence-corrected chi connectivity index (χ2v) is 7.92. The summed E-state index contributed by atoms with van der Waals surface area (Å²) in [5.41, 5.74) is 4.42. The quantitative estimate of drug-likeness (QED) is 0.455. The van der Waals surface area contributed by atoms with Gasteiger partial charge in [-0.15, -0.1) is 0 Å². The number of aryl methyl sites for hydroxylation is 3. The van der Waals surface area contributed by atoms with Crippen LogP contribution in [0.25, 0.3) is 0 Å². The zero-order chi connectivity index (χ0) is 21.9. The second-order valence-electron chi connectivity index (χ2n) is 7.92. The van der Waals surface area contributed by atoms with Gasteiger partial charge in [-0.25, -0.2) is 0 Å². The standard InChI is InChI=1S/C24H25N5O3/c1-2-28-13-17(11-25-28)14-29-15-20(12-26-29)27-24(30)23-9-8-22(32-23)16-31-21-7-6-18-4-3-5-19(18)10-21/h6-13,15H,2-5,14,16H2,1H3,(H,27,30). The zero-order valence-corrected chi connectivity index (χ0v) is 18.0. The molecule has 3 aromatic heterocycles. The van der Waals surface area contributed by atoms with E-state index in [4.69, 9.17) is 9.15 Å². The summed E-state index contributed by atoms with van der Waals surface area (Å²) in [5.74, 6) is 1.32. The third-order valence-electron chi connectivity index (χ3n) is 5.58. The Morgan fingerprint density at radius 1 is 1.09 bits per heavy atom. The van der Waals surface area contributed by atoms with Crippen molar-refractivity contribution < 1.29 is 13.9 Å². The van der Waals surface area contributed by atoms with E-state index in [1.807, 2.05) is 30.1 Å². The van der Waals surface area contributed by atoms with E-state index < -0.39 is 0 Å². The molecule has 0 unspecified atom stereocenters. The minimum Gasteiger partial charge on any atom is -0.486 e. The third-order valence-corrected chi connectivity index (χ3v) is 5.58. The molecule has 5 rings (SSSR count). The minimum absolute atomic E-state index is 0.231. The summed E-state index contributed by atoms with van der Waals surface area (Å²) in [4.78, 5) is 12.5. The Labute approximate surface area is 185 Å². The van der Waals surface area contributed by atoms with Gasteiger partial charge in [-0.2, -0.15) is 10.2 Å². The molecule has 0 fully saturated rings. The van der Waals surface area contributed by atoms with Crippen molar-refractivity contribution in [1.29, 1.82) is 0 Å². The van der Waals surface area contributed by atoms with Gasteiger partial charge in [-0.05, 0) is 61.6 Å². The zero-order valence-electron chi connectivity index (χ0n) is 18.0. The SMILES string of the molecule is CCn1cc(Cn2cc(NC(=O)c3ccc(COc4ccc5c(c4)CCC5)o3)cn2)cn1. The molecule has 0 radical (unpaired) electrons. The molecule has 1 aliphatic carbocycles. The maximum atomic E-state index is 12.5. The molecular weight excluding hydrogens is 406 g/mol. The molecule has 0 spiro atoms. The maximum Gasteiger partial charge on any atom is 0.291 e. The Morgan fingerprint density at radius 2 is 1.97 bits per heavy atom. The van der Waals surface area contributed by atoms with Crippen LogP contribution in [0.2, 0.25) is 0 Å². The molecule has 0 aliphatic heterocycles. The Balaban J connectivity index is 1.16. The first-order valence-electron chi connectivity index (χ1n) is 10.8. The lowest BCUT2D eigenvalue weighted by atomic mass is 10.1. The van der Waals surface area contributed by atoms with Crippen molar-refractivity contribution in [2.75, 3.05) is 5.32 Å². The number of nitrogens with zero attached hydrogens (tertiary/aromatic N) is 4. The number of nitrogens with one attached hydrogen (secondary N) is 1. The maximum absolute atomic E-state index is 12.5. The number of carbonyl (C=O) groups excluding carboxylic acids is 1. The van der Waals surface area contributed by atoms with Crippen LogP contribution in [0.3, 0.4) is 0 Å². The Morgan fingerprint density at radius 3 is 2.84 bits per heavy atom. The number of furan rings is 1. The van der Waals surface area contributed by atoms with Crippen molar-refractivity contribution in [3.05, 3.63) is 83.3 Å². The Bertz CT molecular complexity index is 1240. The minimum atomic E-state index is -0.327. The van der Waals surface area contributed by atoms with Crippen molar-refractivity contribution in [2.24, 2.45) is 0 Å². The summed E-state index contributed by atoms with van der Waals surface area (Å²) in [6.45, 7) is 3.72. The van der Waals surface area contributed by atoms with E-state index in [9.17, 15) is 4.79 Å². The summed E-state index contributed by atoms with van der Waals surface area (Å²) in [6.07, 6.45) is 10.7. The normalized spacial score (nSPS) is 12.7. The van der Waals surface area contributed by atoms with Crippen LogP contribution in [0.4, 0.5) is 5.69 Å². The van der Waals surface area contributed by atoms with Gasteiger partial charge in [0.15, 0.2) is 5.76 Å². The van der Waals surface area contributed by atoms with Crippen molar-refractivity contribution in [1.82, 2.24) is 19.6 Å². The average Bonchev–Trinajstić information content (AvgIpc) is 3.59. The first-order chi connectivity index (χ1) is 15.7. The topological polar surface area (TPSA) is 87.1 Å². The summed E-state index contributed by atoms with van der Waals surface area (Å²) in [5, 5.41) is 11.4. The smallest absolute Gasteiger partial charge is 0.291 e. The number of anilines is 1. The molecular formula is C24H25N5O3. The third kappa shape index (κ3) is 4.44. The first kappa shape index (κ1) is 20.1. The van der Waals surface area contributed by atoms with Gasteiger partial charge < -0.3 is 14.5 Å². The van der Waals surface area contributed by atoms with Crippen LogP contribution >= 0.6 is 0 Å². The molecule has 1 aliphatic rings. The van der Waals surface area contributed by atoms with Gasteiger partial charge in [0, 0.05) is 24.5 Å². The molecule has 1 amide bonds. The predicted molar refractivity (Wildman–Crippen MR) is 119 cm³/mol. The number of aromatic nitrogens is 4. The molecule has 3 heterocycles. The molecule has 8 heteroatoms. The molecule has 4 aromatic rings. The van der Waals surface area contributed by atoms with Crippen LogP contribution in [0.1, 0.15) is 46.3 Å². The highest BCUT2D eigenvalue weighted by Gasteiger charge is 2.14. The fraction of sp³-hybridized carbons (Fsp3) is 0.292. The molecule has 0 saturated carbocycles. The lowest BCUT2D eigenvalue weighted by Gasteiger charge is -2.06. The van der Waals surface area contributed by atoms with Gasteiger partial charge in [0.05, 0.1) is 24.6 Å². The highest BCUT2D eigenvalue weighted by Crippen LogP contribution is 2.26. The first-order valence-corrected chi connectivity index (χ1v) is 10.8. The number of rotatable bonds is 8. The second kappa shape index (κ2) is 8.74. The van der Waals surface area contributed by atoms with Crippen LogP contribution in [-0.4, -0.2) is 25.5 Å². The number of hydrogen-bond acceptors (Lipinski definition) is 5. The summed E-state index contributed by atoms with van der Waals surface area (Å²) >= 11 is 0. The molecule has 164 valence electrons. The van der Waals surface area contributed by atoms with E-state index in [-0.39, 0.29) is 18.3 Å². The van der Waals surface area contributed by atoms with Crippen molar-refractivity contribution in [2.45, 2.75) is 45.9 Å². The molecule has 1 aromatic carbocycles. The van der Waals surface area contributed by atoms with Crippen molar-refractivity contribution in [3.8, 4) is 5.75 Å². The number of carbonyl (C=O) groups is 1. The van der Waals surface area contributed by atoms with Gasteiger partial charge in [-0.3, -0.25) is 14.2 Å². The predicted octanol–water partition coefficient (Wildman–Crippen LogP) is 4.06. The van der Waals surface area contributed by atoms with Gasteiger partial charge in [0.1, 0.15) is 18.1 Å². The van der Waals surface area contributed by atoms with Crippen LogP contribution in [0.15, 0.2) is 59.5 Å². The largest absolute Gasteiger partial charge is 0.486 e. The van der Waals surface area contributed by atoms with E-state index >= 15 is 0 Å². The van der Waals surface area contributed by atoms with Gasteiger partial charge in [0.25, 0.3) is 5.91 Å². The van der Waals surface area contributed by atoms with Crippen molar-refractivity contribution >= 4 is 11.6 Å². The summed E-state index contributed by atoms with van der Waals surface area (Å²) < 4.78 is 15.1. The lowest BCUT2D eigenvalue weighted by molar-refractivity contribution is 0.0992. The number of benzene rings is 1. The van der Waals surface area contributed by atoms with E-state index in [0.29, 0.717) is 18.0 Å². The number of amides is 1. The highest BCUT2D eigenvalue weighted by atomic mass is 16.5. The number of fused-ring (bicyclic) bond motifs is 1. The monoisotopic (exact) mass is 431 g/mol. The average molecular weight is 431 g/mol. The fourth-order valence-corrected chi connectivity index (χ4v) is 3.93. The molecule has 0 atom stereocenters. The van der Waals surface area contributed by atoms with Crippen molar-refractivity contribution in [3.63, 3.8) is 0 Å². The molecule has 0 bridgehead atoms. The molecule has 1 N–H and O–H groups in total. The molecule has 0 saturated heterocycles. The van der Waals surface area contributed by atoms with Gasteiger partial charge in [0.2, 0.25) is 0 Å². The number of hydrogen-bond donors (Lipinski definition) is 1. The number of ether oxygens (including phenoxy) is 1.